The molecule has 0 spiro atoms. The highest BCUT2D eigenvalue weighted by Crippen LogP contribution is 2.35. The lowest BCUT2D eigenvalue weighted by Gasteiger charge is -2.29. The van der Waals surface area contributed by atoms with Gasteiger partial charge < -0.3 is 34.9 Å². The highest BCUT2D eigenvalue weighted by atomic mass is 16.5. The molecule has 15 heteroatoms. The average Bonchev–Trinajstić information content (AvgIpc) is 3.56. The third-order valence-corrected chi connectivity index (χ3v) is 7.33. The fourth-order valence-electron chi connectivity index (χ4n) is 5.13. The van der Waals surface area contributed by atoms with Crippen molar-refractivity contribution < 1.29 is 53.3 Å². The van der Waals surface area contributed by atoms with Crippen LogP contribution in [-0.2, 0) is 25.6 Å². The molecule has 1 heterocycles. The van der Waals surface area contributed by atoms with Crippen LogP contribution in [0.15, 0.2) is 65.1 Å². The maximum absolute atomic E-state index is 13.2. The molecular weight excluding hydrogens is 628 g/mol. The maximum Gasteiger partial charge on any atom is 0.323 e. The molecule has 0 aliphatic rings. The number of hydrogen-bond acceptors (Lipinski definition) is 9. The van der Waals surface area contributed by atoms with Crippen molar-refractivity contribution in [2.75, 3.05) is 26.4 Å². The normalized spacial score (nSPS) is 11.9. The maximum atomic E-state index is 13.2. The predicted molar refractivity (Wildman–Crippen MR) is 169 cm³/mol. The number of carbonyl (C=O) groups excluding carboxylic acids is 4. The van der Waals surface area contributed by atoms with E-state index < -0.39 is 54.7 Å². The summed E-state index contributed by atoms with van der Waals surface area (Å²) >= 11 is 0. The minimum absolute atomic E-state index is 0.000349. The van der Waals surface area contributed by atoms with Crippen molar-refractivity contribution in [2.45, 2.75) is 39.2 Å². The summed E-state index contributed by atoms with van der Waals surface area (Å²) in [6.45, 7) is 1.47. The van der Waals surface area contributed by atoms with Crippen molar-refractivity contribution in [3.05, 3.63) is 77.6 Å². The number of carbonyl (C=O) groups is 6. The highest BCUT2D eigenvalue weighted by Gasteiger charge is 2.31. The minimum atomic E-state index is -1.40. The molecule has 2 atom stereocenters. The molecule has 0 unspecified atom stereocenters. The van der Waals surface area contributed by atoms with Crippen molar-refractivity contribution in [1.82, 2.24) is 20.6 Å². The number of carboxylic acid groups (broad SMARTS) is 2. The second-order valence-corrected chi connectivity index (χ2v) is 10.5. The number of furan rings is 1. The molecule has 256 valence electrons. The number of aliphatic carboxylic acids is 2. The van der Waals surface area contributed by atoms with Crippen LogP contribution in [0.25, 0.3) is 11.3 Å². The standard InChI is InChI=1S/C33H38N4O11/c1-3-25(37(46)20-38)22(14-13-21-9-6-5-7-10-21)31(43)34-19-35-32(44)27-16-15-26(48-27)23-11-8-12-24(30(23)47-4-2)33(45)36(17-28(39)40)18-29(41)42/h5-12,15-16,20,22,25,46H,3-4,13-14,17-19H2,1-2H3,(H,34,43)(H,35,44)(H,39,40)(H,41,42)/t22-,25-/m1/s1. The van der Waals surface area contributed by atoms with E-state index in [-0.39, 0.29) is 48.1 Å². The molecule has 0 saturated carbocycles. The molecule has 5 N–H and O–H groups in total. The molecular formula is C33H38N4O11. The Hall–Kier alpha value is -5.70. The summed E-state index contributed by atoms with van der Waals surface area (Å²) in [5.41, 5.74) is 1.12. The Kier molecular flexibility index (Phi) is 13.7. The van der Waals surface area contributed by atoms with Gasteiger partial charge in [0.1, 0.15) is 24.6 Å². The van der Waals surface area contributed by atoms with E-state index >= 15 is 0 Å². The van der Waals surface area contributed by atoms with Crippen molar-refractivity contribution >= 4 is 36.1 Å². The number of ether oxygens (including phenoxy) is 1. The first-order valence-electron chi connectivity index (χ1n) is 15.1. The zero-order chi connectivity index (χ0) is 35.2. The summed E-state index contributed by atoms with van der Waals surface area (Å²) in [4.78, 5) is 73.8. The van der Waals surface area contributed by atoms with Gasteiger partial charge in [0.2, 0.25) is 12.3 Å². The lowest BCUT2D eigenvalue weighted by Crippen LogP contribution is -2.47. The lowest BCUT2D eigenvalue weighted by atomic mass is 9.90. The first-order chi connectivity index (χ1) is 23.0. The van der Waals surface area contributed by atoms with Gasteiger partial charge in [0.05, 0.1) is 36.4 Å². The van der Waals surface area contributed by atoms with Crippen LogP contribution in [0.5, 0.6) is 5.75 Å². The van der Waals surface area contributed by atoms with E-state index in [0.717, 1.165) is 5.56 Å². The highest BCUT2D eigenvalue weighted by molar-refractivity contribution is 6.01. The van der Waals surface area contributed by atoms with Crippen molar-refractivity contribution in [3.8, 4) is 17.1 Å². The minimum Gasteiger partial charge on any atom is -0.492 e. The SMILES string of the molecule is CCOc1c(C(=O)N(CC(=O)O)CC(=O)O)cccc1-c1ccc(C(=O)NCNC(=O)[C@H](CCc2ccccc2)[C@@H](CC)N(O)C=O)o1. The fraction of sp³-hybridized carbons (Fsp3) is 0.333. The first kappa shape index (κ1) is 36.8. The van der Waals surface area contributed by atoms with E-state index in [2.05, 4.69) is 10.6 Å². The smallest absolute Gasteiger partial charge is 0.323 e. The van der Waals surface area contributed by atoms with Gasteiger partial charge in [-0.2, -0.15) is 0 Å². The van der Waals surface area contributed by atoms with Gasteiger partial charge in [-0.3, -0.25) is 34.0 Å². The van der Waals surface area contributed by atoms with Gasteiger partial charge in [0.25, 0.3) is 11.8 Å². The van der Waals surface area contributed by atoms with E-state index in [4.69, 9.17) is 9.15 Å². The topological polar surface area (TPSA) is 216 Å². The Morgan fingerprint density at radius 1 is 0.917 bits per heavy atom. The van der Waals surface area contributed by atoms with Crippen LogP contribution in [0, 0.1) is 5.92 Å². The van der Waals surface area contributed by atoms with Crippen molar-refractivity contribution in [2.24, 2.45) is 5.92 Å². The second-order valence-electron chi connectivity index (χ2n) is 10.5. The molecule has 0 saturated heterocycles. The Balaban J connectivity index is 1.74. The van der Waals surface area contributed by atoms with Crippen LogP contribution >= 0.6 is 0 Å². The molecule has 1 aromatic heterocycles. The van der Waals surface area contributed by atoms with Crippen molar-refractivity contribution in [3.63, 3.8) is 0 Å². The van der Waals surface area contributed by atoms with Crippen LogP contribution in [0.1, 0.15) is 53.2 Å². The van der Waals surface area contributed by atoms with Gasteiger partial charge in [0, 0.05) is 0 Å². The number of rotatable bonds is 19. The number of hydrogen-bond donors (Lipinski definition) is 5. The molecule has 0 fully saturated rings. The molecule has 48 heavy (non-hydrogen) atoms. The van der Waals surface area contributed by atoms with E-state index in [9.17, 15) is 44.2 Å². The Morgan fingerprint density at radius 2 is 1.60 bits per heavy atom. The fourth-order valence-corrected chi connectivity index (χ4v) is 5.13. The molecule has 0 aliphatic carbocycles. The number of hydroxylamine groups is 2. The zero-order valence-corrected chi connectivity index (χ0v) is 26.5. The third kappa shape index (κ3) is 9.90. The second kappa shape index (κ2) is 17.9. The van der Waals surface area contributed by atoms with E-state index in [1.165, 1.54) is 24.3 Å². The number of aryl methyl sites for hydroxylation is 1. The number of nitrogens with zero attached hydrogens (tertiary/aromatic N) is 2. The summed E-state index contributed by atoms with van der Waals surface area (Å²) < 4.78 is 11.4. The van der Waals surface area contributed by atoms with E-state index in [0.29, 0.717) is 29.2 Å². The van der Waals surface area contributed by atoms with Crippen LogP contribution < -0.4 is 15.4 Å². The van der Waals surface area contributed by atoms with E-state index in [1.807, 2.05) is 30.3 Å². The van der Waals surface area contributed by atoms with Gasteiger partial charge in [-0.1, -0.05) is 43.3 Å². The molecule has 0 aliphatic heterocycles. The summed E-state index contributed by atoms with van der Waals surface area (Å²) in [5, 5.41) is 34.1. The molecule has 3 rings (SSSR count). The number of amides is 4. The summed E-state index contributed by atoms with van der Waals surface area (Å²) in [5.74, 6) is -5.68. The first-order valence-corrected chi connectivity index (χ1v) is 15.1. The molecule has 2 aromatic carbocycles. The van der Waals surface area contributed by atoms with Crippen LogP contribution in [-0.4, -0.2) is 93.9 Å². The van der Waals surface area contributed by atoms with Crippen LogP contribution in [0.2, 0.25) is 0 Å². The number of para-hydroxylation sites is 1. The predicted octanol–water partition coefficient (Wildman–Crippen LogP) is 2.64. The lowest BCUT2D eigenvalue weighted by molar-refractivity contribution is -0.168. The Bertz CT molecular complexity index is 1580. The zero-order valence-electron chi connectivity index (χ0n) is 26.5. The average molecular weight is 667 g/mol. The van der Waals surface area contributed by atoms with Crippen molar-refractivity contribution in [1.29, 1.82) is 0 Å². The van der Waals surface area contributed by atoms with Gasteiger partial charge in [-0.05, 0) is 56.0 Å². The molecule has 4 amide bonds. The molecule has 15 nitrogen and oxygen atoms in total. The molecule has 0 bridgehead atoms. The Morgan fingerprint density at radius 3 is 2.21 bits per heavy atom. The molecule has 0 radical (unpaired) electrons. The summed E-state index contributed by atoms with van der Waals surface area (Å²) in [6, 6.07) is 15.8. The third-order valence-electron chi connectivity index (χ3n) is 7.33. The number of nitrogens with one attached hydrogen (secondary N) is 2. The number of benzene rings is 2. The van der Waals surface area contributed by atoms with Gasteiger partial charge in [0.15, 0.2) is 5.76 Å². The summed E-state index contributed by atoms with van der Waals surface area (Å²) in [7, 11) is 0. The monoisotopic (exact) mass is 666 g/mol. The quantitative estimate of drug-likeness (QED) is 0.0542. The molecule has 3 aromatic rings. The van der Waals surface area contributed by atoms with Gasteiger partial charge >= 0.3 is 11.9 Å². The summed E-state index contributed by atoms with van der Waals surface area (Å²) in [6.07, 6.45) is 1.38. The Labute approximate surface area is 276 Å². The largest absolute Gasteiger partial charge is 0.492 e. The van der Waals surface area contributed by atoms with E-state index in [1.54, 1.807) is 19.9 Å². The van der Waals surface area contributed by atoms with Gasteiger partial charge in [-0.25, -0.2) is 5.06 Å². The van der Waals surface area contributed by atoms with Gasteiger partial charge in [-0.15, -0.1) is 0 Å². The number of carboxylic acids is 2. The van der Waals surface area contributed by atoms with Crippen LogP contribution in [0.3, 0.4) is 0 Å². The van der Waals surface area contributed by atoms with Crippen LogP contribution in [0.4, 0.5) is 0 Å².